The summed E-state index contributed by atoms with van der Waals surface area (Å²) < 4.78 is 5.50. The van der Waals surface area contributed by atoms with Crippen molar-refractivity contribution in [1.82, 2.24) is 20.0 Å². The number of rotatable bonds is 5. The van der Waals surface area contributed by atoms with Crippen LogP contribution in [-0.4, -0.2) is 91.8 Å². The molecule has 0 atom stereocenters. The topological polar surface area (TPSA) is 48.1 Å². The predicted molar refractivity (Wildman–Crippen MR) is 114 cm³/mol. The van der Waals surface area contributed by atoms with Crippen LogP contribution in [0.5, 0.6) is 0 Å². The van der Waals surface area contributed by atoms with E-state index in [2.05, 4.69) is 15.1 Å². The van der Waals surface area contributed by atoms with Crippen LogP contribution < -0.4 is 5.32 Å². The van der Waals surface area contributed by atoms with Crippen molar-refractivity contribution in [1.29, 1.82) is 0 Å². The van der Waals surface area contributed by atoms with E-state index >= 15 is 0 Å². The molecule has 3 aliphatic rings. The van der Waals surface area contributed by atoms with E-state index in [1.807, 2.05) is 25.7 Å². The summed E-state index contributed by atoms with van der Waals surface area (Å²) in [5.41, 5.74) is -0.398. The second-order valence-corrected chi connectivity index (χ2v) is 10.0. The lowest BCUT2D eigenvalue weighted by Crippen LogP contribution is -2.47. The molecule has 162 valence electrons. The third-order valence-electron chi connectivity index (χ3n) is 6.55. The Morgan fingerprint density at radius 2 is 1.50 bits per heavy atom. The van der Waals surface area contributed by atoms with Gasteiger partial charge in [0.25, 0.3) is 0 Å². The van der Waals surface area contributed by atoms with Crippen LogP contribution in [-0.2, 0) is 4.74 Å². The number of carbonyl (C=O) groups excluding carboxylic acids is 1. The van der Waals surface area contributed by atoms with Crippen molar-refractivity contribution in [2.45, 2.75) is 58.5 Å². The minimum atomic E-state index is -0.398. The highest BCUT2D eigenvalue weighted by atomic mass is 16.6. The first-order chi connectivity index (χ1) is 13.4. The van der Waals surface area contributed by atoms with Gasteiger partial charge in [-0.05, 0) is 84.3 Å². The second kappa shape index (κ2) is 10.3. The third-order valence-corrected chi connectivity index (χ3v) is 6.55. The van der Waals surface area contributed by atoms with Gasteiger partial charge >= 0.3 is 6.09 Å². The predicted octanol–water partition coefficient (Wildman–Crippen LogP) is 2.64. The van der Waals surface area contributed by atoms with Gasteiger partial charge in [0.1, 0.15) is 5.60 Å². The minimum absolute atomic E-state index is 0.141. The number of ether oxygens (including phenoxy) is 1. The zero-order chi connectivity index (χ0) is 20.0. The Morgan fingerprint density at radius 3 is 2.11 bits per heavy atom. The van der Waals surface area contributed by atoms with E-state index in [1.165, 1.54) is 58.5 Å². The molecule has 1 amide bonds. The van der Waals surface area contributed by atoms with Gasteiger partial charge in [0.2, 0.25) is 0 Å². The first kappa shape index (κ1) is 21.8. The van der Waals surface area contributed by atoms with Gasteiger partial charge in [-0.1, -0.05) is 0 Å². The molecule has 3 aliphatic heterocycles. The molecule has 6 nitrogen and oxygen atoms in total. The van der Waals surface area contributed by atoms with Crippen molar-refractivity contribution in [3.05, 3.63) is 0 Å². The van der Waals surface area contributed by atoms with E-state index in [0.717, 1.165) is 50.9 Å². The van der Waals surface area contributed by atoms with Crippen LogP contribution in [0.25, 0.3) is 0 Å². The number of nitrogens with zero attached hydrogens (tertiary/aromatic N) is 3. The van der Waals surface area contributed by atoms with Gasteiger partial charge in [-0.3, -0.25) is 0 Å². The van der Waals surface area contributed by atoms with Gasteiger partial charge in [-0.2, -0.15) is 0 Å². The Morgan fingerprint density at radius 1 is 0.893 bits per heavy atom. The van der Waals surface area contributed by atoms with E-state index in [-0.39, 0.29) is 6.09 Å². The highest BCUT2D eigenvalue weighted by Crippen LogP contribution is 2.24. The van der Waals surface area contributed by atoms with E-state index in [9.17, 15) is 4.79 Å². The molecular formula is C22H42N4O2. The average Bonchev–Trinajstić information content (AvgIpc) is 2.67. The van der Waals surface area contributed by atoms with Gasteiger partial charge in [0.15, 0.2) is 0 Å². The summed E-state index contributed by atoms with van der Waals surface area (Å²) >= 11 is 0. The SMILES string of the molecule is CC(C)(C)OC(=O)N1CCC(CCN2CCC(CN3CCNCC3)CC2)CC1. The molecule has 0 radical (unpaired) electrons. The van der Waals surface area contributed by atoms with Crippen molar-refractivity contribution in [3.8, 4) is 0 Å². The van der Waals surface area contributed by atoms with Crippen molar-refractivity contribution >= 4 is 6.09 Å². The maximum Gasteiger partial charge on any atom is 0.410 e. The molecular weight excluding hydrogens is 352 g/mol. The lowest BCUT2D eigenvalue weighted by atomic mass is 9.92. The van der Waals surface area contributed by atoms with Crippen molar-refractivity contribution < 1.29 is 9.53 Å². The number of piperidine rings is 2. The fraction of sp³-hybridized carbons (Fsp3) is 0.955. The molecule has 3 heterocycles. The summed E-state index contributed by atoms with van der Waals surface area (Å²) in [5, 5.41) is 3.45. The van der Waals surface area contributed by atoms with Gasteiger partial charge in [-0.25, -0.2) is 4.79 Å². The Labute approximate surface area is 171 Å². The zero-order valence-corrected chi connectivity index (χ0v) is 18.4. The Hall–Kier alpha value is -0.850. The summed E-state index contributed by atoms with van der Waals surface area (Å²) in [6.07, 6.45) is 6.11. The molecule has 28 heavy (non-hydrogen) atoms. The van der Waals surface area contributed by atoms with E-state index in [1.54, 1.807) is 0 Å². The summed E-state index contributed by atoms with van der Waals surface area (Å²) in [7, 11) is 0. The smallest absolute Gasteiger partial charge is 0.410 e. The standard InChI is InChI=1S/C22H42N4O2/c1-22(2,3)28-21(27)26-14-7-19(8-15-26)4-11-24-12-5-20(6-13-24)18-25-16-9-23-10-17-25/h19-20,23H,4-18H2,1-3H3. The highest BCUT2D eigenvalue weighted by molar-refractivity contribution is 5.68. The number of piperazine rings is 1. The Bertz CT molecular complexity index is 471. The monoisotopic (exact) mass is 394 g/mol. The Balaban J connectivity index is 1.27. The molecule has 0 aromatic rings. The van der Waals surface area contributed by atoms with E-state index in [4.69, 9.17) is 4.74 Å². The first-order valence-electron chi connectivity index (χ1n) is 11.5. The molecule has 0 aromatic carbocycles. The highest BCUT2D eigenvalue weighted by Gasteiger charge is 2.28. The summed E-state index contributed by atoms with van der Waals surface area (Å²) in [6.45, 7) is 17.4. The van der Waals surface area contributed by atoms with Crippen molar-refractivity contribution in [3.63, 3.8) is 0 Å². The van der Waals surface area contributed by atoms with Crippen LogP contribution in [0.2, 0.25) is 0 Å². The number of likely N-dealkylation sites (tertiary alicyclic amines) is 2. The normalized spacial score (nSPS) is 24.5. The molecule has 0 aromatic heterocycles. The van der Waals surface area contributed by atoms with Crippen LogP contribution in [0.4, 0.5) is 4.79 Å². The van der Waals surface area contributed by atoms with E-state index in [0.29, 0.717) is 0 Å². The molecule has 0 unspecified atom stereocenters. The maximum absolute atomic E-state index is 12.2. The first-order valence-corrected chi connectivity index (χ1v) is 11.5. The minimum Gasteiger partial charge on any atom is -0.444 e. The molecule has 0 saturated carbocycles. The van der Waals surface area contributed by atoms with Crippen LogP contribution >= 0.6 is 0 Å². The number of hydrogen-bond acceptors (Lipinski definition) is 5. The van der Waals surface area contributed by atoms with Crippen LogP contribution in [0.1, 0.15) is 52.9 Å². The van der Waals surface area contributed by atoms with Gasteiger partial charge in [0.05, 0.1) is 0 Å². The average molecular weight is 395 g/mol. The molecule has 1 N–H and O–H groups in total. The lowest BCUT2D eigenvalue weighted by molar-refractivity contribution is 0.0176. The van der Waals surface area contributed by atoms with Gasteiger partial charge in [-0.15, -0.1) is 0 Å². The summed E-state index contributed by atoms with van der Waals surface area (Å²) in [5.74, 6) is 1.66. The molecule has 0 bridgehead atoms. The lowest BCUT2D eigenvalue weighted by Gasteiger charge is -2.37. The molecule has 6 heteroatoms. The van der Waals surface area contributed by atoms with Crippen LogP contribution in [0.15, 0.2) is 0 Å². The van der Waals surface area contributed by atoms with Crippen LogP contribution in [0.3, 0.4) is 0 Å². The zero-order valence-electron chi connectivity index (χ0n) is 18.4. The molecule has 3 rings (SSSR count). The van der Waals surface area contributed by atoms with Gasteiger partial charge < -0.3 is 24.8 Å². The second-order valence-electron chi connectivity index (χ2n) is 10.0. The quantitative estimate of drug-likeness (QED) is 0.777. The molecule has 3 saturated heterocycles. The van der Waals surface area contributed by atoms with E-state index < -0.39 is 5.60 Å². The molecule has 0 spiro atoms. The molecule has 3 fully saturated rings. The number of amides is 1. The maximum atomic E-state index is 12.2. The van der Waals surface area contributed by atoms with Crippen molar-refractivity contribution in [2.75, 3.05) is 65.4 Å². The fourth-order valence-corrected chi connectivity index (χ4v) is 4.75. The molecule has 0 aliphatic carbocycles. The number of nitrogens with one attached hydrogen (secondary N) is 1. The van der Waals surface area contributed by atoms with Crippen molar-refractivity contribution in [2.24, 2.45) is 11.8 Å². The number of carbonyl (C=O) groups is 1. The fourth-order valence-electron chi connectivity index (χ4n) is 4.75. The largest absolute Gasteiger partial charge is 0.444 e. The Kier molecular flexibility index (Phi) is 8.01. The third kappa shape index (κ3) is 7.20. The van der Waals surface area contributed by atoms with Crippen LogP contribution in [0, 0.1) is 11.8 Å². The number of hydrogen-bond donors (Lipinski definition) is 1. The summed E-state index contributed by atoms with van der Waals surface area (Å²) in [6, 6.07) is 0. The van der Waals surface area contributed by atoms with Gasteiger partial charge in [0, 0.05) is 45.8 Å². The summed E-state index contributed by atoms with van der Waals surface area (Å²) in [4.78, 5) is 19.4.